The van der Waals surface area contributed by atoms with E-state index in [1.54, 1.807) is 37.3 Å². The van der Waals surface area contributed by atoms with Crippen molar-refractivity contribution in [2.45, 2.75) is 33.4 Å². The fourth-order valence-electron chi connectivity index (χ4n) is 1.88. The van der Waals surface area contributed by atoms with Crippen molar-refractivity contribution in [2.75, 3.05) is 5.32 Å². The molecule has 0 saturated heterocycles. The van der Waals surface area contributed by atoms with Gasteiger partial charge in [0.1, 0.15) is 5.76 Å². The fraction of sp³-hybridized carbons (Fsp3) is 0.312. The van der Waals surface area contributed by atoms with E-state index in [9.17, 15) is 9.59 Å². The molecule has 122 valence electrons. The number of aromatic nitrogens is 1. The Hall–Kier alpha value is -2.83. The van der Waals surface area contributed by atoms with E-state index >= 15 is 0 Å². The van der Waals surface area contributed by atoms with E-state index in [1.807, 2.05) is 13.8 Å². The van der Waals surface area contributed by atoms with Crippen LogP contribution in [0.15, 0.2) is 34.9 Å². The first kappa shape index (κ1) is 16.5. The minimum atomic E-state index is -0.268. The highest BCUT2D eigenvalue weighted by molar-refractivity contribution is 6.03. The molecular formula is C16H20N4O3. The van der Waals surface area contributed by atoms with Crippen LogP contribution in [-0.4, -0.2) is 23.1 Å². The summed E-state index contributed by atoms with van der Waals surface area (Å²) in [6.07, 6.45) is 0. The number of benzene rings is 1. The number of carbonyl (C=O) groups is 2. The molecule has 0 aliphatic rings. The van der Waals surface area contributed by atoms with Crippen molar-refractivity contribution in [1.29, 1.82) is 0 Å². The lowest BCUT2D eigenvalue weighted by atomic mass is 10.1. The van der Waals surface area contributed by atoms with Crippen molar-refractivity contribution in [3.05, 3.63) is 47.2 Å². The third-order valence-corrected chi connectivity index (χ3v) is 2.96. The van der Waals surface area contributed by atoms with Crippen LogP contribution in [-0.2, 0) is 6.54 Å². The van der Waals surface area contributed by atoms with Crippen LogP contribution in [0.2, 0.25) is 0 Å². The van der Waals surface area contributed by atoms with Crippen molar-refractivity contribution in [2.24, 2.45) is 0 Å². The molecule has 2 rings (SSSR count). The third kappa shape index (κ3) is 5.14. The van der Waals surface area contributed by atoms with Gasteiger partial charge in [0.05, 0.1) is 0 Å². The van der Waals surface area contributed by atoms with Crippen molar-refractivity contribution < 1.29 is 14.1 Å². The van der Waals surface area contributed by atoms with Gasteiger partial charge in [-0.25, -0.2) is 4.79 Å². The summed E-state index contributed by atoms with van der Waals surface area (Å²) in [5.74, 6) is 0.736. The van der Waals surface area contributed by atoms with E-state index in [0.29, 0.717) is 23.7 Å². The molecule has 7 heteroatoms. The summed E-state index contributed by atoms with van der Waals surface area (Å²) in [6, 6.07) is 8.48. The number of nitrogens with one attached hydrogen (secondary N) is 3. The van der Waals surface area contributed by atoms with Gasteiger partial charge in [0.2, 0.25) is 0 Å². The highest BCUT2D eigenvalue weighted by Gasteiger charge is 2.09. The Morgan fingerprint density at radius 1 is 1.22 bits per heavy atom. The van der Waals surface area contributed by atoms with E-state index in [4.69, 9.17) is 4.52 Å². The number of urea groups is 1. The van der Waals surface area contributed by atoms with Gasteiger partial charge < -0.3 is 20.5 Å². The second-order valence-electron chi connectivity index (χ2n) is 5.46. The van der Waals surface area contributed by atoms with Crippen LogP contribution in [0.1, 0.15) is 35.5 Å². The zero-order valence-corrected chi connectivity index (χ0v) is 13.3. The Labute approximate surface area is 134 Å². The van der Waals surface area contributed by atoms with Crippen LogP contribution in [0, 0.1) is 6.92 Å². The van der Waals surface area contributed by atoms with Gasteiger partial charge >= 0.3 is 6.03 Å². The van der Waals surface area contributed by atoms with Crippen LogP contribution in [0.3, 0.4) is 0 Å². The summed E-state index contributed by atoms with van der Waals surface area (Å²) in [6.45, 7) is 5.93. The molecule has 7 nitrogen and oxygen atoms in total. The van der Waals surface area contributed by atoms with E-state index in [-0.39, 0.29) is 18.0 Å². The second-order valence-corrected chi connectivity index (χ2v) is 5.46. The summed E-state index contributed by atoms with van der Waals surface area (Å²) >= 11 is 0. The molecule has 0 saturated carbocycles. The Kier molecular flexibility index (Phi) is 5.35. The first-order valence-corrected chi connectivity index (χ1v) is 7.32. The average Bonchev–Trinajstić information content (AvgIpc) is 2.90. The van der Waals surface area contributed by atoms with Crippen LogP contribution in [0.4, 0.5) is 10.6 Å². The SMILES string of the molecule is Cc1cc(NC(=O)c2ccc(CNC(=O)NC(C)C)cc2)no1. The number of carbonyl (C=O) groups excluding carboxylic acids is 2. The zero-order valence-electron chi connectivity index (χ0n) is 13.3. The summed E-state index contributed by atoms with van der Waals surface area (Å²) in [7, 11) is 0. The largest absolute Gasteiger partial charge is 0.360 e. The average molecular weight is 316 g/mol. The van der Waals surface area contributed by atoms with Crippen LogP contribution in [0.25, 0.3) is 0 Å². The molecule has 3 N–H and O–H groups in total. The van der Waals surface area contributed by atoms with Gasteiger partial charge in [0.15, 0.2) is 5.82 Å². The molecule has 0 fully saturated rings. The summed E-state index contributed by atoms with van der Waals surface area (Å²) in [5.41, 5.74) is 1.40. The Morgan fingerprint density at radius 3 is 2.48 bits per heavy atom. The number of anilines is 1. The quantitative estimate of drug-likeness (QED) is 0.789. The number of rotatable bonds is 5. The summed E-state index contributed by atoms with van der Waals surface area (Å²) in [5, 5.41) is 11.8. The monoisotopic (exact) mass is 316 g/mol. The molecule has 0 atom stereocenters. The number of hydrogen-bond acceptors (Lipinski definition) is 4. The minimum Gasteiger partial charge on any atom is -0.360 e. The molecule has 0 radical (unpaired) electrons. The maximum atomic E-state index is 12.0. The normalized spacial score (nSPS) is 10.4. The second kappa shape index (κ2) is 7.44. The lowest BCUT2D eigenvalue weighted by molar-refractivity contribution is 0.102. The molecule has 3 amide bonds. The molecule has 23 heavy (non-hydrogen) atoms. The van der Waals surface area contributed by atoms with Gasteiger partial charge in [-0.2, -0.15) is 0 Å². The van der Waals surface area contributed by atoms with E-state index < -0.39 is 0 Å². The van der Waals surface area contributed by atoms with Crippen molar-refractivity contribution in [1.82, 2.24) is 15.8 Å². The van der Waals surface area contributed by atoms with Crippen LogP contribution < -0.4 is 16.0 Å². The van der Waals surface area contributed by atoms with Crippen molar-refractivity contribution in [3.63, 3.8) is 0 Å². The number of nitrogens with zero attached hydrogens (tertiary/aromatic N) is 1. The number of amides is 3. The van der Waals surface area contributed by atoms with E-state index in [0.717, 1.165) is 5.56 Å². The maximum absolute atomic E-state index is 12.0. The molecule has 1 aromatic heterocycles. The van der Waals surface area contributed by atoms with Gasteiger partial charge in [-0.15, -0.1) is 0 Å². The topological polar surface area (TPSA) is 96.3 Å². The zero-order chi connectivity index (χ0) is 16.8. The van der Waals surface area contributed by atoms with Crippen molar-refractivity contribution >= 4 is 17.8 Å². The number of aryl methyl sites for hydroxylation is 1. The molecule has 0 unspecified atom stereocenters. The van der Waals surface area contributed by atoms with E-state index in [2.05, 4.69) is 21.1 Å². The van der Waals surface area contributed by atoms with Gasteiger partial charge in [-0.1, -0.05) is 17.3 Å². The molecular weight excluding hydrogens is 296 g/mol. The summed E-state index contributed by atoms with van der Waals surface area (Å²) < 4.78 is 4.89. The van der Waals surface area contributed by atoms with Crippen LogP contribution >= 0.6 is 0 Å². The maximum Gasteiger partial charge on any atom is 0.315 e. The Morgan fingerprint density at radius 2 is 1.91 bits per heavy atom. The van der Waals surface area contributed by atoms with Gasteiger partial charge in [0.25, 0.3) is 5.91 Å². The first-order valence-electron chi connectivity index (χ1n) is 7.32. The molecule has 0 bridgehead atoms. The molecule has 1 aromatic carbocycles. The van der Waals surface area contributed by atoms with Crippen LogP contribution in [0.5, 0.6) is 0 Å². The molecule has 2 aromatic rings. The highest BCUT2D eigenvalue weighted by Crippen LogP contribution is 2.10. The molecule has 0 aliphatic heterocycles. The Bertz CT molecular complexity index is 677. The third-order valence-electron chi connectivity index (χ3n) is 2.96. The number of hydrogen-bond donors (Lipinski definition) is 3. The van der Waals surface area contributed by atoms with Gasteiger partial charge in [-0.3, -0.25) is 4.79 Å². The van der Waals surface area contributed by atoms with Crippen molar-refractivity contribution in [3.8, 4) is 0 Å². The highest BCUT2D eigenvalue weighted by atomic mass is 16.5. The lowest BCUT2D eigenvalue weighted by Crippen LogP contribution is -2.39. The predicted octanol–water partition coefficient (Wildman–Crippen LogP) is 2.44. The molecule has 0 spiro atoms. The first-order chi connectivity index (χ1) is 10.9. The van der Waals surface area contributed by atoms with Gasteiger partial charge in [0, 0.05) is 24.2 Å². The smallest absolute Gasteiger partial charge is 0.315 e. The standard InChI is InChI=1S/C16H20N4O3/c1-10(2)18-16(22)17-9-12-4-6-13(7-5-12)15(21)19-14-8-11(3)23-20-14/h4-8,10H,9H2,1-3H3,(H2,17,18,22)(H,19,20,21). The fourth-order valence-corrected chi connectivity index (χ4v) is 1.88. The van der Waals surface area contributed by atoms with E-state index in [1.165, 1.54) is 0 Å². The lowest BCUT2D eigenvalue weighted by Gasteiger charge is -2.10. The Balaban J connectivity index is 1.88. The minimum absolute atomic E-state index is 0.0845. The molecule has 0 aliphatic carbocycles. The summed E-state index contributed by atoms with van der Waals surface area (Å²) in [4.78, 5) is 23.6. The molecule has 1 heterocycles. The van der Waals surface area contributed by atoms with Gasteiger partial charge in [-0.05, 0) is 38.5 Å². The predicted molar refractivity (Wildman–Crippen MR) is 86.1 cm³/mol.